The number of aryl methyl sites for hydroxylation is 2. The predicted molar refractivity (Wildman–Crippen MR) is 103 cm³/mol. The number of benzene rings is 2. The highest BCUT2D eigenvalue weighted by Crippen LogP contribution is 2.21. The van der Waals surface area contributed by atoms with Crippen LogP contribution in [0, 0.1) is 0 Å². The summed E-state index contributed by atoms with van der Waals surface area (Å²) >= 11 is 0. The number of hydrogen-bond acceptors (Lipinski definition) is 4. The summed E-state index contributed by atoms with van der Waals surface area (Å²) in [5.74, 6) is 0.949. The SMILES string of the molecule is c1ccc2c(c1)CCc1ccccc1CN(CCNC1=NCCN1)C2. The molecule has 0 amide bonds. The topological polar surface area (TPSA) is 39.7 Å². The van der Waals surface area contributed by atoms with E-state index in [4.69, 9.17) is 0 Å². The third-order valence-electron chi connectivity index (χ3n) is 5.08. The summed E-state index contributed by atoms with van der Waals surface area (Å²) in [6.45, 7) is 5.76. The van der Waals surface area contributed by atoms with E-state index in [2.05, 4.69) is 69.1 Å². The summed E-state index contributed by atoms with van der Waals surface area (Å²) in [6, 6.07) is 17.8. The van der Waals surface area contributed by atoms with Gasteiger partial charge in [0, 0.05) is 32.7 Å². The van der Waals surface area contributed by atoms with Gasteiger partial charge in [-0.05, 0) is 35.1 Å². The molecule has 0 saturated heterocycles. The molecule has 25 heavy (non-hydrogen) atoms. The Labute approximate surface area is 150 Å². The van der Waals surface area contributed by atoms with Crippen LogP contribution in [0.2, 0.25) is 0 Å². The Kier molecular flexibility index (Phi) is 4.98. The molecule has 130 valence electrons. The van der Waals surface area contributed by atoms with E-state index in [1.807, 2.05) is 0 Å². The molecule has 4 nitrogen and oxygen atoms in total. The maximum Gasteiger partial charge on any atom is 0.191 e. The molecule has 0 atom stereocenters. The van der Waals surface area contributed by atoms with Gasteiger partial charge in [-0.3, -0.25) is 9.89 Å². The molecule has 2 aliphatic rings. The minimum absolute atomic E-state index is 0.882. The van der Waals surface area contributed by atoms with Gasteiger partial charge in [0.2, 0.25) is 0 Å². The minimum atomic E-state index is 0.882. The summed E-state index contributed by atoms with van der Waals surface area (Å²) in [6.07, 6.45) is 2.25. The molecule has 0 unspecified atom stereocenters. The molecule has 0 fully saturated rings. The van der Waals surface area contributed by atoms with Gasteiger partial charge in [0.1, 0.15) is 0 Å². The minimum Gasteiger partial charge on any atom is -0.355 e. The fourth-order valence-corrected chi connectivity index (χ4v) is 3.73. The fourth-order valence-electron chi connectivity index (χ4n) is 3.73. The first kappa shape index (κ1) is 16.2. The van der Waals surface area contributed by atoms with Gasteiger partial charge in [0.15, 0.2) is 5.96 Å². The third kappa shape index (κ3) is 4.02. The molecule has 0 aliphatic carbocycles. The van der Waals surface area contributed by atoms with E-state index in [0.717, 1.165) is 58.1 Å². The Hall–Kier alpha value is -2.33. The number of fused-ring (bicyclic) bond motifs is 2. The summed E-state index contributed by atoms with van der Waals surface area (Å²) in [4.78, 5) is 6.96. The zero-order chi connectivity index (χ0) is 16.9. The van der Waals surface area contributed by atoms with Gasteiger partial charge in [-0.2, -0.15) is 0 Å². The summed E-state index contributed by atoms with van der Waals surface area (Å²) in [7, 11) is 0. The van der Waals surface area contributed by atoms with Crippen molar-refractivity contribution in [1.82, 2.24) is 15.5 Å². The lowest BCUT2D eigenvalue weighted by atomic mass is 9.98. The van der Waals surface area contributed by atoms with Crippen LogP contribution in [-0.2, 0) is 25.9 Å². The first-order valence-corrected chi connectivity index (χ1v) is 9.26. The number of hydrogen-bond donors (Lipinski definition) is 2. The lowest BCUT2D eigenvalue weighted by Crippen LogP contribution is -2.39. The highest BCUT2D eigenvalue weighted by atomic mass is 15.2. The first-order chi connectivity index (χ1) is 12.4. The van der Waals surface area contributed by atoms with Crippen LogP contribution in [0.1, 0.15) is 22.3 Å². The van der Waals surface area contributed by atoms with Crippen LogP contribution >= 0.6 is 0 Å². The second-order valence-electron chi connectivity index (χ2n) is 6.83. The van der Waals surface area contributed by atoms with Gasteiger partial charge < -0.3 is 10.6 Å². The van der Waals surface area contributed by atoms with E-state index in [-0.39, 0.29) is 0 Å². The zero-order valence-corrected chi connectivity index (χ0v) is 14.7. The Morgan fingerprint density at radius 2 is 1.48 bits per heavy atom. The Bertz CT molecular complexity index is 704. The zero-order valence-electron chi connectivity index (χ0n) is 14.7. The van der Waals surface area contributed by atoms with Gasteiger partial charge in [0.05, 0.1) is 6.54 Å². The Morgan fingerprint density at radius 3 is 2.04 bits per heavy atom. The van der Waals surface area contributed by atoms with Crippen LogP contribution in [0.15, 0.2) is 53.5 Å². The molecule has 2 aliphatic heterocycles. The molecular weight excluding hydrogens is 308 g/mol. The molecule has 2 heterocycles. The van der Waals surface area contributed by atoms with Crippen molar-refractivity contribution in [2.75, 3.05) is 26.2 Å². The number of nitrogens with one attached hydrogen (secondary N) is 2. The standard InChI is InChI=1S/C21H26N4/c1-3-7-19-15-25(14-13-24-21-22-11-12-23-21)16-20-8-4-2-6-18(20)10-9-17(19)5-1/h1-8H,9-16H2,(H2,22,23,24). The van der Waals surface area contributed by atoms with E-state index in [0.29, 0.717) is 0 Å². The maximum atomic E-state index is 4.41. The van der Waals surface area contributed by atoms with Crippen LogP contribution < -0.4 is 10.6 Å². The highest BCUT2D eigenvalue weighted by Gasteiger charge is 2.15. The molecule has 0 bridgehead atoms. The second kappa shape index (κ2) is 7.70. The Morgan fingerprint density at radius 1 is 0.880 bits per heavy atom. The molecule has 4 heteroatoms. The maximum absolute atomic E-state index is 4.41. The van der Waals surface area contributed by atoms with Crippen molar-refractivity contribution in [3.8, 4) is 0 Å². The van der Waals surface area contributed by atoms with Crippen molar-refractivity contribution in [3.63, 3.8) is 0 Å². The molecule has 0 aromatic heterocycles. The average molecular weight is 334 g/mol. The van der Waals surface area contributed by atoms with Crippen molar-refractivity contribution in [2.24, 2.45) is 4.99 Å². The molecule has 2 aromatic rings. The monoisotopic (exact) mass is 334 g/mol. The number of guanidine groups is 1. The van der Waals surface area contributed by atoms with Crippen molar-refractivity contribution in [3.05, 3.63) is 70.8 Å². The van der Waals surface area contributed by atoms with Gasteiger partial charge in [-0.25, -0.2) is 0 Å². The summed E-state index contributed by atoms with van der Waals surface area (Å²) in [5, 5.41) is 6.70. The predicted octanol–water partition coefficient (Wildman–Crippen LogP) is 2.34. The van der Waals surface area contributed by atoms with Crippen LogP contribution in [0.25, 0.3) is 0 Å². The van der Waals surface area contributed by atoms with Crippen molar-refractivity contribution >= 4 is 5.96 Å². The third-order valence-corrected chi connectivity index (χ3v) is 5.08. The van der Waals surface area contributed by atoms with Gasteiger partial charge >= 0.3 is 0 Å². The number of aliphatic imine (C=N–C) groups is 1. The van der Waals surface area contributed by atoms with Gasteiger partial charge in [-0.15, -0.1) is 0 Å². The van der Waals surface area contributed by atoms with Crippen LogP contribution in [-0.4, -0.2) is 37.0 Å². The normalized spacial score (nSPS) is 17.4. The fraction of sp³-hybridized carbons (Fsp3) is 0.381. The molecule has 0 spiro atoms. The van der Waals surface area contributed by atoms with Gasteiger partial charge in [-0.1, -0.05) is 48.5 Å². The van der Waals surface area contributed by atoms with E-state index in [1.54, 1.807) is 0 Å². The summed E-state index contributed by atoms with van der Waals surface area (Å²) in [5.41, 5.74) is 5.90. The van der Waals surface area contributed by atoms with E-state index >= 15 is 0 Å². The highest BCUT2D eigenvalue weighted by molar-refractivity contribution is 5.81. The quantitative estimate of drug-likeness (QED) is 0.905. The lowest BCUT2D eigenvalue weighted by Gasteiger charge is -2.24. The van der Waals surface area contributed by atoms with E-state index in [1.165, 1.54) is 22.3 Å². The van der Waals surface area contributed by atoms with Crippen LogP contribution in [0.3, 0.4) is 0 Å². The molecular formula is C21H26N4. The lowest BCUT2D eigenvalue weighted by molar-refractivity contribution is 0.260. The summed E-state index contributed by atoms with van der Waals surface area (Å²) < 4.78 is 0. The van der Waals surface area contributed by atoms with Crippen LogP contribution in [0.4, 0.5) is 0 Å². The van der Waals surface area contributed by atoms with Crippen LogP contribution in [0.5, 0.6) is 0 Å². The largest absolute Gasteiger partial charge is 0.355 e. The van der Waals surface area contributed by atoms with Gasteiger partial charge in [0.25, 0.3) is 0 Å². The molecule has 2 N–H and O–H groups in total. The van der Waals surface area contributed by atoms with Crippen molar-refractivity contribution in [2.45, 2.75) is 25.9 Å². The Balaban J connectivity index is 1.52. The average Bonchev–Trinajstić information content (AvgIpc) is 3.16. The number of nitrogens with zero attached hydrogens (tertiary/aromatic N) is 2. The number of rotatable bonds is 3. The smallest absolute Gasteiger partial charge is 0.191 e. The van der Waals surface area contributed by atoms with Crippen molar-refractivity contribution in [1.29, 1.82) is 0 Å². The van der Waals surface area contributed by atoms with E-state index < -0.39 is 0 Å². The second-order valence-corrected chi connectivity index (χ2v) is 6.83. The van der Waals surface area contributed by atoms with E-state index in [9.17, 15) is 0 Å². The molecule has 0 saturated carbocycles. The molecule has 0 radical (unpaired) electrons. The molecule has 2 aromatic carbocycles. The first-order valence-electron chi connectivity index (χ1n) is 9.26. The molecule has 4 rings (SSSR count). The van der Waals surface area contributed by atoms with Crippen molar-refractivity contribution < 1.29 is 0 Å².